The first-order valence-electron chi connectivity index (χ1n) is 7.35. The number of rotatable bonds is 3. The molecule has 0 radical (unpaired) electrons. The number of benzene rings is 1. The zero-order valence-electron chi connectivity index (χ0n) is 12.4. The molecule has 1 unspecified atom stereocenters. The maximum Gasteiger partial charge on any atom is 0.433 e. The van der Waals surface area contributed by atoms with Crippen LogP contribution in [0.25, 0.3) is 0 Å². The molecule has 1 aliphatic heterocycles. The molecule has 0 N–H and O–H groups in total. The Morgan fingerprint density at radius 2 is 2.00 bits per heavy atom. The molecule has 1 aliphatic rings. The van der Waals surface area contributed by atoms with E-state index in [9.17, 15) is 14.9 Å². The van der Waals surface area contributed by atoms with Gasteiger partial charge < -0.3 is 9.32 Å². The van der Waals surface area contributed by atoms with Gasteiger partial charge in [-0.05, 0) is 18.1 Å². The highest BCUT2D eigenvalue weighted by atomic mass is 32.2. The molecular formula is C16H16N2O4S. The quantitative estimate of drug-likeness (QED) is 0.635. The van der Waals surface area contributed by atoms with Gasteiger partial charge in [0.2, 0.25) is 0 Å². The van der Waals surface area contributed by atoms with Crippen molar-refractivity contribution in [3.05, 3.63) is 63.9 Å². The Morgan fingerprint density at radius 3 is 2.70 bits per heavy atom. The van der Waals surface area contributed by atoms with Crippen LogP contribution in [-0.2, 0) is 0 Å². The third-order valence-electron chi connectivity index (χ3n) is 3.78. The van der Waals surface area contributed by atoms with E-state index in [2.05, 4.69) is 12.1 Å². The van der Waals surface area contributed by atoms with Crippen molar-refractivity contribution in [1.29, 1.82) is 0 Å². The lowest BCUT2D eigenvalue weighted by atomic mass is 10.1. The fourth-order valence-corrected chi connectivity index (χ4v) is 3.84. The van der Waals surface area contributed by atoms with Gasteiger partial charge in [-0.25, -0.2) is 0 Å². The normalized spacial score (nSPS) is 18.4. The molecule has 6 nitrogen and oxygen atoms in total. The van der Waals surface area contributed by atoms with Crippen LogP contribution in [0.2, 0.25) is 0 Å². The number of hydrogen-bond acceptors (Lipinski definition) is 5. The largest absolute Gasteiger partial charge is 0.433 e. The summed E-state index contributed by atoms with van der Waals surface area (Å²) >= 11 is 1.83. The maximum absolute atomic E-state index is 12.4. The van der Waals surface area contributed by atoms with Crippen LogP contribution in [-0.4, -0.2) is 34.6 Å². The van der Waals surface area contributed by atoms with Gasteiger partial charge in [0.05, 0.1) is 6.07 Å². The van der Waals surface area contributed by atoms with Crippen molar-refractivity contribution in [3.8, 4) is 0 Å². The van der Waals surface area contributed by atoms with Crippen molar-refractivity contribution < 1.29 is 14.1 Å². The van der Waals surface area contributed by atoms with Crippen LogP contribution in [0.3, 0.4) is 0 Å². The van der Waals surface area contributed by atoms with E-state index in [0.717, 1.165) is 12.2 Å². The van der Waals surface area contributed by atoms with Crippen molar-refractivity contribution in [2.45, 2.75) is 11.7 Å². The Hall–Kier alpha value is -2.28. The predicted molar refractivity (Wildman–Crippen MR) is 87.5 cm³/mol. The Morgan fingerprint density at radius 1 is 1.22 bits per heavy atom. The molecule has 1 aromatic carbocycles. The SMILES string of the molecule is O=C(c1ccc([N+](=O)[O-])o1)N1CCSC(c2ccccc2)CC1. The van der Waals surface area contributed by atoms with Gasteiger partial charge in [-0.2, -0.15) is 11.8 Å². The highest BCUT2D eigenvalue weighted by Crippen LogP contribution is 2.34. The predicted octanol–water partition coefficient (Wildman–Crippen LogP) is 3.51. The number of hydrogen-bond donors (Lipinski definition) is 0. The number of carbonyl (C=O) groups excluding carboxylic acids is 1. The average molecular weight is 332 g/mol. The molecule has 1 atom stereocenters. The van der Waals surface area contributed by atoms with Gasteiger partial charge in [0, 0.05) is 24.1 Å². The molecule has 23 heavy (non-hydrogen) atoms. The fourth-order valence-electron chi connectivity index (χ4n) is 2.60. The van der Waals surface area contributed by atoms with Crippen molar-refractivity contribution >= 4 is 23.6 Å². The molecule has 1 aromatic heterocycles. The van der Waals surface area contributed by atoms with Gasteiger partial charge in [0.25, 0.3) is 5.91 Å². The van der Waals surface area contributed by atoms with Crippen molar-refractivity contribution in [2.75, 3.05) is 18.8 Å². The molecule has 7 heteroatoms. The summed E-state index contributed by atoms with van der Waals surface area (Å²) in [5, 5.41) is 11.0. The van der Waals surface area contributed by atoms with Crippen molar-refractivity contribution in [2.24, 2.45) is 0 Å². The van der Waals surface area contributed by atoms with Crippen LogP contribution in [0, 0.1) is 10.1 Å². The van der Waals surface area contributed by atoms with Crippen LogP contribution >= 0.6 is 11.8 Å². The molecule has 2 heterocycles. The second-order valence-corrected chi connectivity index (χ2v) is 6.56. The van der Waals surface area contributed by atoms with E-state index in [1.165, 1.54) is 17.7 Å². The summed E-state index contributed by atoms with van der Waals surface area (Å²) in [4.78, 5) is 24.2. The van der Waals surface area contributed by atoms with Gasteiger partial charge >= 0.3 is 5.88 Å². The van der Waals surface area contributed by atoms with Gasteiger partial charge in [-0.15, -0.1) is 0 Å². The monoisotopic (exact) mass is 332 g/mol. The van der Waals surface area contributed by atoms with Crippen LogP contribution < -0.4 is 0 Å². The molecule has 1 amide bonds. The Labute approximate surface area is 137 Å². The van der Waals surface area contributed by atoms with E-state index in [1.54, 1.807) is 4.90 Å². The lowest BCUT2D eigenvalue weighted by Gasteiger charge is -2.18. The fraction of sp³-hybridized carbons (Fsp3) is 0.312. The van der Waals surface area contributed by atoms with E-state index in [4.69, 9.17) is 4.42 Å². The first-order valence-corrected chi connectivity index (χ1v) is 8.40. The highest BCUT2D eigenvalue weighted by Gasteiger charge is 2.26. The van der Waals surface area contributed by atoms with Gasteiger partial charge in [-0.1, -0.05) is 30.3 Å². The maximum atomic E-state index is 12.4. The smallest absolute Gasteiger partial charge is 0.395 e. The number of amides is 1. The molecule has 120 valence electrons. The van der Waals surface area contributed by atoms with Gasteiger partial charge in [0.1, 0.15) is 4.92 Å². The summed E-state index contributed by atoms with van der Waals surface area (Å²) in [6.45, 7) is 1.22. The molecule has 0 bridgehead atoms. The second kappa shape index (κ2) is 6.87. The van der Waals surface area contributed by atoms with Crippen molar-refractivity contribution in [3.63, 3.8) is 0 Å². The minimum Gasteiger partial charge on any atom is -0.395 e. The average Bonchev–Trinajstić information content (AvgIpc) is 2.94. The van der Waals surface area contributed by atoms with Crippen molar-refractivity contribution in [1.82, 2.24) is 4.90 Å². The molecule has 0 aliphatic carbocycles. The number of nitrogens with zero attached hydrogens (tertiary/aromatic N) is 2. The topological polar surface area (TPSA) is 76.6 Å². The third-order valence-corrected chi connectivity index (χ3v) is 5.11. The zero-order chi connectivity index (χ0) is 16.2. The molecule has 2 aromatic rings. The second-order valence-electron chi connectivity index (χ2n) is 5.25. The number of furan rings is 1. The summed E-state index contributed by atoms with van der Waals surface area (Å²) in [6.07, 6.45) is 0.850. The van der Waals surface area contributed by atoms with E-state index < -0.39 is 10.8 Å². The van der Waals surface area contributed by atoms with Gasteiger partial charge in [-0.3, -0.25) is 14.9 Å². The Bertz CT molecular complexity index is 701. The summed E-state index contributed by atoms with van der Waals surface area (Å²) < 4.78 is 5.02. The Balaban J connectivity index is 1.67. The number of thioether (sulfide) groups is 1. The third kappa shape index (κ3) is 3.56. The number of nitro groups is 1. The zero-order valence-corrected chi connectivity index (χ0v) is 13.2. The molecule has 0 spiro atoms. The molecular weight excluding hydrogens is 316 g/mol. The molecule has 1 saturated heterocycles. The molecule has 0 saturated carbocycles. The molecule has 3 rings (SSSR count). The lowest BCUT2D eigenvalue weighted by molar-refractivity contribution is -0.402. The van der Waals surface area contributed by atoms with E-state index in [0.29, 0.717) is 18.3 Å². The van der Waals surface area contributed by atoms with Crippen LogP contribution in [0.5, 0.6) is 0 Å². The Kier molecular flexibility index (Phi) is 4.66. The van der Waals surface area contributed by atoms with Crippen LogP contribution in [0.1, 0.15) is 27.8 Å². The minimum atomic E-state index is -0.638. The summed E-state index contributed by atoms with van der Waals surface area (Å²) in [5.74, 6) is 0.167. The highest BCUT2D eigenvalue weighted by molar-refractivity contribution is 7.99. The minimum absolute atomic E-state index is 0.0276. The first kappa shape index (κ1) is 15.6. The first-order chi connectivity index (χ1) is 11.1. The summed E-state index contributed by atoms with van der Waals surface area (Å²) in [5.41, 5.74) is 1.26. The van der Waals surface area contributed by atoms with E-state index >= 15 is 0 Å². The standard InChI is InChI=1S/C16H16N2O4S/c19-16(13-6-7-15(22-13)18(20)21)17-9-8-14(23-11-10-17)12-4-2-1-3-5-12/h1-7,14H,8-11H2. The van der Waals surface area contributed by atoms with E-state index in [-0.39, 0.29) is 11.7 Å². The summed E-state index contributed by atoms with van der Waals surface area (Å²) in [7, 11) is 0. The van der Waals surface area contributed by atoms with Crippen LogP contribution in [0.4, 0.5) is 5.88 Å². The number of carbonyl (C=O) groups is 1. The van der Waals surface area contributed by atoms with Gasteiger partial charge in [0.15, 0.2) is 5.76 Å². The molecule has 1 fully saturated rings. The summed E-state index contributed by atoms with van der Waals surface area (Å²) in [6, 6.07) is 12.8. The van der Waals surface area contributed by atoms with E-state index in [1.807, 2.05) is 30.0 Å². The van der Waals surface area contributed by atoms with Crippen LogP contribution in [0.15, 0.2) is 46.9 Å². The lowest BCUT2D eigenvalue weighted by Crippen LogP contribution is -2.32.